The Hall–Kier alpha value is -3.25. The first-order valence-electron chi connectivity index (χ1n) is 15.0. The number of pyridine rings is 1. The molecule has 2 aromatic heterocycles. The van der Waals surface area contributed by atoms with Crippen molar-refractivity contribution in [2.45, 2.75) is 77.9 Å². The van der Waals surface area contributed by atoms with Crippen LogP contribution in [0.1, 0.15) is 75.3 Å². The third kappa shape index (κ3) is 5.12. The molecule has 4 fully saturated rings. The number of carbonyl (C=O) groups excluding carboxylic acids is 4. The van der Waals surface area contributed by atoms with E-state index in [-0.39, 0.29) is 23.8 Å². The standard InChI is InChI=1S/C30H40N6O5S/c1-19-8-9-21-22(24(42-23(21)31-19)32-28(40)41-29(2,3)4)25(37)33-16-10-20(11-17-33)34-13-7-12-30(18-34)26(38)35-14-5-6-15-36(35)27(30)39/h8-9,20H,5-7,10-18H2,1-4H3,(H,32,40). The van der Waals surface area contributed by atoms with Gasteiger partial charge in [0.2, 0.25) is 0 Å². The van der Waals surface area contributed by atoms with Crippen LogP contribution < -0.4 is 5.32 Å². The molecule has 42 heavy (non-hydrogen) atoms. The van der Waals surface area contributed by atoms with E-state index in [1.165, 1.54) is 11.3 Å². The number of nitrogens with zero attached hydrogens (tertiary/aromatic N) is 5. The number of aromatic nitrogens is 1. The Labute approximate surface area is 250 Å². The molecule has 1 N–H and O–H groups in total. The maximum atomic E-state index is 14.0. The molecule has 4 aliphatic heterocycles. The van der Waals surface area contributed by atoms with Gasteiger partial charge in [-0.15, -0.1) is 0 Å². The van der Waals surface area contributed by atoms with Gasteiger partial charge in [0.05, 0.1) is 5.56 Å². The third-order valence-corrected chi connectivity index (χ3v) is 9.90. The van der Waals surface area contributed by atoms with Gasteiger partial charge in [-0.05, 0) is 84.9 Å². The molecule has 4 saturated heterocycles. The lowest BCUT2D eigenvalue weighted by molar-refractivity contribution is -0.150. The predicted octanol–water partition coefficient (Wildman–Crippen LogP) is 4.02. The van der Waals surface area contributed by atoms with E-state index in [1.54, 1.807) is 30.8 Å². The summed E-state index contributed by atoms with van der Waals surface area (Å²) in [6.45, 7) is 11.0. The molecule has 4 aliphatic rings. The summed E-state index contributed by atoms with van der Waals surface area (Å²) in [5.74, 6) is -0.192. The molecule has 6 heterocycles. The summed E-state index contributed by atoms with van der Waals surface area (Å²) in [4.78, 5) is 63.0. The Bertz CT molecular complexity index is 1400. The molecule has 0 aromatic carbocycles. The van der Waals surface area contributed by atoms with Gasteiger partial charge in [0.25, 0.3) is 17.7 Å². The molecule has 6 rings (SSSR count). The zero-order valence-electron chi connectivity index (χ0n) is 24.9. The smallest absolute Gasteiger partial charge is 0.412 e. The molecule has 0 bridgehead atoms. The van der Waals surface area contributed by atoms with Crippen molar-refractivity contribution < 1.29 is 23.9 Å². The van der Waals surface area contributed by atoms with Crippen LogP contribution in [0.3, 0.4) is 0 Å². The zero-order valence-corrected chi connectivity index (χ0v) is 25.7. The lowest BCUT2D eigenvalue weighted by atomic mass is 9.78. The number of rotatable bonds is 3. The van der Waals surface area contributed by atoms with Crippen molar-refractivity contribution in [1.82, 2.24) is 24.8 Å². The number of thiophene rings is 1. The topological polar surface area (TPSA) is 115 Å². The van der Waals surface area contributed by atoms with Crippen molar-refractivity contribution in [3.63, 3.8) is 0 Å². The van der Waals surface area contributed by atoms with Crippen LogP contribution in [-0.4, -0.2) is 99.5 Å². The first kappa shape index (κ1) is 28.9. The molecule has 12 heteroatoms. The van der Waals surface area contributed by atoms with Crippen molar-refractivity contribution in [2.24, 2.45) is 5.41 Å². The highest BCUT2D eigenvalue weighted by Crippen LogP contribution is 2.43. The molecular formula is C30H40N6O5S. The number of fused-ring (bicyclic) bond motifs is 2. The minimum atomic E-state index is -0.960. The summed E-state index contributed by atoms with van der Waals surface area (Å²) >= 11 is 1.28. The first-order chi connectivity index (χ1) is 20.0. The van der Waals surface area contributed by atoms with Crippen LogP contribution >= 0.6 is 11.3 Å². The summed E-state index contributed by atoms with van der Waals surface area (Å²) in [6, 6.07) is 3.96. The van der Waals surface area contributed by atoms with E-state index in [4.69, 9.17) is 4.74 Å². The molecule has 0 unspecified atom stereocenters. The van der Waals surface area contributed by atoms with Crippen molar-refractivity contribution in [3.05, 3.63) is 23.4 Å². The molecule has 226 valence electrons. The Morgan fingerprint density at radius 2 is 1.67 bits per heavy atom. The second kappa shape index (κ2) is 10.8. The molecule has 1 spiro atoms. The van der Waals surface area contributed by atoms with Crippen molar-refractivity contribution in [1.29, 1.82) is 0 Å². The second-order valence-corrected chi connectivity index (χ2v) is 14.0. The van der Waals surface area contributed by atoms with E-state index in [0.717, 1.165) is 44.3 Å². The quantitative estimate of drug-likeness (QED) is 0.533. The number of hydrogen-bond donors (Lipinski definition) is 1. The van der Waals surface area contributed by atoms with Gasteiger partial charge in [0.15, 0.2) is 0 Å². The number of likely N-dealkylation sites (tertiary alicyclic amines) is 2. The number of aryl methyl sites for hydroxylation is 1. The predicted molar refractivity (Wildman–Crippen MR) is 159 cm³/mol. The van der Waals surface area contributed by atoms with Crippen LogP contribution in [0.25, 0.3) is 10.2 Å². The number of piperidine rings is 2. The first-order valence-corrected chi connectivity index (χ1v) is 15.9. The molecule has 0 atom stereocenters. The van der Waals surface area contributed by atoms with Gasteiger partial charge in [-0.3, -0.25) is 34.6 Å². The highest BCUT2D eigenvalue weighted by atomic mass is 32.1. The highest BCUT2D eigenvalue weighted by molar-refractivity contribution is 7.23. The Morgan fingerprint density at radius 1 is 1.00 bits per heavy atom. The van der Waals surface area contributed by atoms with Gasteiger partial charge in [-0.1, -0.05) is 11.3 Å². The minimum Gasteiger partial charge on any atom is -0.444 e. The van der Waals surface area contributed by atoms with Crippen molar-refractivity contribution in [2.75, 3.05) is 44.6 Å². The number of anilines is 1. The van der Waals surface area contributed by atoms with Crippen LogP contribution in [0, 0.1) is 12.3 Å². The number of nitrogens with one attached hydrogen (secondary N) is 1. The Balaban J connectivity index is 1.16. The molecule has 0 saturated carbocycles. The van der Waals surface area contributed by atoms with Gasteiger partial charge >= 0.3 is 6.09 Å². The van der Waals surface area contributed by atoms with Crippen LogP contribution in [0.4, 0.5) is 9.80 Å². The van der Waals surface area contributed by atoms with E-state index < -0.39 is 17.1 Å². The van der Waals surface area contributed by atoms with Crippen molar-refractivity contribution >= 4 is 50.4 Å². The maximum absolute atomic E-state index is 14.0. The van der Waals surface area contributed by atoms with Gasteiger partial charge in [-0.2, -0.15) is 0 Å². The zero-order chi connectivity index (χ0) is 29.8. The van der Waals surface area contributed by atoms with E-state index >= 15 is 0 Å². The van der Waals surface area contributed by atoms with Gasteiger partial charge < -0.3 is 9.64 Å². The van der Waals surface area contributed by atoms with E-state index in [1.807, 2.05) is 24.0 Å². The fraction of sp³-hybridized carbons (Fsp3) is 0.633. The lowest BCUT2D eigenvalue weighted by Gasteiger charge is -2.44. The number of hydrogen-bond acceptors (Lipinski definition) is 8. The number of ether oxygens (including phenoxy) is 1. The van der Waals surface area contributed by atoms with Crippen LogP contribution in [0.15, 0.2) is 12.1 Å². The van der Waals surface area contributed by atoms with E-state index in [2.05, 4.69) is 15.2 Å². The van der Waals surface area contributed by atoms with Crippen LogP contribution in [0.5, 0.6) is 0 Å². The lowest BCUT2D eigenvalue weighted by Crippen LogP contribution is -2.56. The average molecular weight is 597 g/mol. The fourth-order valence-electron chi connectivity index (χ4n) is 6.88. The summed E-state index contributed by atoms with van der Waals surface area (Å²) in [5, 5.41) is 7.35. The summed E-state index contributed by atoms with van der Waals surface area (Å²) in [7, 11) is 0. The normalized spacial score (nSPS) is 21.8. The third-order valence-electron chi connectivity index (χ3n) is 8.88. The average Bonchev–Trinajstić information content (AvgIpc) is 3.39. The Morgan fingerprint density at radius 3 is 2.31 bits per heavy atom. The molecule has 4 amide bonds. The molecule has 0 aliphatic carbocycles. The fourth-order valence-corrected chi connectivity index (χ4v) is 7.98. The van der Waals surface area contributed by atoms with Gasteiger partial charge in [0, 0.05) is 49.8 Å². The monoisotopic (exact) mass is 596 g/mol. The van der Waals surface area contributed by atoms with Gasteiger partial charge in [0.1, 0.15) is 20.8 Å². The second-order valence-electron chi connectivity index (χ2n) is 13.0. The Kier molecular flexibility index (Phi) is 7.41. The largest absolute Gasteiger partial charge is 0.444 e. The number of amides is 4. The number of carbonyl (C=O) groups is 4. The molecule has 11 nitrogen and oxygen atoms in total. The minimum absolute atomic E-state index is 0.0253. The van der Waals surface area contributed by atoms with Gasteiger partial charge in [-0.25, -0.2) is 9.78 Å². The SMILES string of the molecule is Cc1ccc2c(C(=O)N3CCC(N4CCCC5(C4)C(=O)N4CCCCN4C5=O)CC3)c(NC(=O)OC(C)(C)C)sc2n1. The molecule has 0 radical (unpaired) electrons. The molecule has 2 aromatic rings. The summed E-state index contributed by atoms with van der Waals surface area (Å²) in [6.07, 6.45) is 4.19. The van der Waals surface area contributed by atoms with E-state index in [0.29, 0.717) is 59.9 Å². The summed E-state index contributed by atoms with van der Waals surface area (Å²) in [5.41, 5.74) is -0.358. The van der Waals surface area contributed by atoms with E-state index in [9.17, 15) is 19.2 Å². The number of hydrazine groups is 1. The summed E-state index contributed by atoms with van der Waals surface area (Å²) < 4.78 is 5.46. The molecular weight excluding hydrogens is 556 g/mol. The maximum Gasteiger partial charge on any atom is 0.412 e. The van der Waals surface area contributed by atoms with Crippen LogP contribution in [0.2, 0.25) is 0 Å². The van der Waals surface area contributed by atoms with Crippen LogP contribution in [-0.2, 0) is 14.3 Å². The highest BCUT2D eigenvalue weighted by Gasteiger charge is 2.60. The van der Waals surface area contributed by atoms with Crippen molar-refractivity contribution in [3.8, 4) is 0 Å².